The van der Waals surface area contributed by atoms with Gasteiger partial charge in [-0.1, -0.05) is 30.8 Å². The molecule has 3 aromatic rings. The van der Waals surface area contributed by atoms with Gasteiger partial charge in [-0.05, 0) is 113 Å². The van der Waals surface area contributed by atoms with Crippen molar-refractivity contribution in [2.45, 2.75) is 99.0 Å². The average Bonchev–Trinajstić information content (AvgIpc) is 3.49. The van der Waals surface area contributed by atoms with Gasteiger partial charge in [-0.2, -0.15) is 0 Å². The van der Waals surface area contributed by atoms with Gasteiger partial charge in [0.25, 0.3) is 0 Å². The summed E-state index contributed by atoms with van der Waals surface area (Å²) in [5.74, 6) is -0.148. The highest BCUT2D eigenvalue weighted by Gasteiger charge is 2.19. The zero-order valence-electron chi connectivity index (χ0n) is 30.5. The first kappa shape index (κ1) is 41.8. The number of esters is 1. The van der Waals surface area contributed by atoms with Crippen molar-refractivity contribution in [1.82, 2.24) is 14.8 Å². The van der Waals surface area contributed by atoms with Crippen LogP contribution in [0.5, 0.6) is 0 Å². The normalized spacial score (nSPS) is 13.1. The van der Waals surface area contributed by atoms with Crippen molar-refractivity contribution in [1.29, 1.82) is 0 Å². The number of carbonyl (C=O) groups is 1. The third-order valence-electron chi connectivity index (χ3n) is 8.58. The molecule has 4 rings (SSSR count). The maximum absolute atomic E-state index is 12.2. The molecule has 0 atom stereocenters. The number of nitrogens with zero attached hydrogens (tertiary/aromatic N) is 5. The van der Waals surface area contributed by atoms with E-state index in [-0.39, 0.29) is 30.9 Å². The lowest BCUT2D eigenvalue weighted by atomic mass is 9.98. The summed E-state index contributed by atoms with van der Waals surface area (Å²) in [7, 11) is 4.03. The zero-order chi connectivity index (χ0) is 35.2. The summed E-state index contributed by atoms with van der Waals surface area (Å²) in [5.41, 5.74) is 15.5. The summed E-state index contributed by atoms with van der Waals surface area (Å²) in [6, 6.07) is 8.54. The molecular weight excluding hydrogens is 672 g/mol. The van der Waals surface area contributed by atoms with Crippen LogP contribution >= 0.6 is 36.0 Å². The number of aryl methyl sites for hydroxylation is 4. The number of thiazole rings is 1. The van der Waals surface area contributed by atoms with Gasteiger partial charge in [0.15, 0.2) is 0 Å². The summed E-state index contributed by atoms with van der Waals surface area (Å²) in [6.45, 7) is 14.4. The smallest absolute Gasteiger partial charge is 0.312 e. The lowest BCUT2D eigenvalue weighted by Crippen LogP contribution is -2.22. The number of ether oxygens (including phenoxy) is 1. The Kier molecular flexibility index (Phi) is 17.9. The molecule has 2 N–H and O–H groups in total. The fourth-order valence-corrected chi connectivity index (χ4v) is 6.26. The van der Waals surface area contributed by atoms with E-state index in [0.717, 1.165) is 78.4 Å². The molecule has 1 aliphatic carbocycles. The number of hydrogen-bond acceptors (Lipinski definition) is 7. The van der Waals surface area contributed by atoms with E-state index in [1.54, 1.807) is 11.3 Å². The van der Waals surface area contributed by atoms with Crippen LogP contribution in [-0.4, -0.2) is 71.7 Å². The van der Waals surface area contributed by atoms with E-state index in [0.29, 0.717) is 11.4 Å². The Morgan fingerprint density at radius 2 is 1.43 bits per heavy atom. The topological polar surface area (TPSA) is 96.4 Å². The molecule has 0 spiro atoms. The minimum atomic E-state index is -0.148. The van der Waals surface area contributed by atoms with Gasteiger partial charge in [0.05, 0.1) is 46.2 Å². The third-order valence-corrected chi connectivity index (χ3v) is 9.62. The maximum atomic E-state index is 12.2. The Morgan fingerprint density at radius 3 is 1.96 bits per heavy atom. The molecule has 268 valence electrons. The van der Waals surface area contributed by atoms with Gasteiger partial charge in [0, 0.05) is 45.4 Å². The highest BCUT2D eigenvalue weighted by Crippen LogP contribution is 2.27. The Morgan fingerprint density at radius 1 is 0.898 bits per heavy atom. The number of carbonyl (C=O) groups excluding carboxylic acids is 1. The van der Waals surface area contributed by atoms with Crippen LogP contribution in [0, 0.1) is 27.7 Å². The van der Waals surface area contributed by atoms with Crippen molar-refractivity contribution >= 4 is 71.0 Å². The lowest BCUT2D eigenvalue weighted by molar-refractivity contribution is -0.149. The second-order valence-corrected chi connectivity index (χ2v) is 14.2. The monoisotopic (exact) mass is 726 g/mol. The van der Waals surface area contributed by atoms with Gasteiger partial charge in [-0.15, -0.1) is 23.7 Å². The van der Waals surface area contributed by atoms with Crippen molar-refractivity contribution in [3.8, 4) is 0 Å². The van der Waals surface area contributed by atoms with E-state index in [2.05, 4.69) is 85.7 Å². The van der Waals surface area contributed by atoms with E-state index < -0.39 is 0 Å². The first-order chi connectivity index (χ1) is 22.9. The number of nitrogens with two attached hydrogens (primary N) is 1. The molecule has 49 heavy (non-hydrogen) atoms. The Labute approximate surface area is 309 Å². The van der Waals surface area contributed by atoms with E-state index in [9.17, 15) is 4.79 Å². The van der Waals surface area contributed by atoms with E-state index in [4.69, 9.17) is 22.7 Å². The highest BCUT2D eigenvalue weighted by molar-refractivity contribution is 7.80. The summed E-state index contributed by atoms with van der Waals surface area (Å²) in [5, 5.41) is 3.01. The molecule has 1 aliphatic rings. The molecular formula is C38H55ClN6O2S2. The van der Waals surface area contributed by atoms with E-state index in [1.165, 1.54) is 28.7 Å². The van der Waals surface area contributed by atoms with E-state index >= 15 is 0 Å². The van der Waals surface area contributed by atoms with Gasteiger partial charge in [0.1, 0.15) is 6.10 Å². The van der Waals surface area contributed by atoms with Crippen molar-refractivity contribution in [3.63, 3.8) is 0 Å². The fraction of sp³-hybridized carbons (Fsp3) is 0.500. The Hall–Kier alpha value is -3.34. The van der Waals surface area contributed by atoms with Gasteiger partial charge in [0.2, 0.25) is 0 Å². The summed E-state index contributed by atoms with van der Waals surface area (Å²) in [6.07, 6.45) is 11.1. The van der Waals surface area contributed by atoms with Crippen LogP contribution in [0.25, 0.3) is 0 Å². The van der Waals surface area contributed by atoms with Crippen LogP contribution in [0.1, 0.15) is 90.0 Å². The van der Waals surface area contributed by atoms with Crippen molar-refractivity contribution in [2.24, 2.45) is 15.7 Å². The number of benzene rings is 2. The molecule has 0 saturated heterocycles. The molecule has 1 fully saturated rings. The molecule has 1 saturated carbocycles. The van der Waals surface area contributed by atoms with Crippen LogP contribution in [0.3, 0.4) is 0 Å². The quantitative estimate of drug-likeness (QED) is 0.0816. The molecule has 2 aromatic carbocycles. The van der Waals surface area contributed by atoms with Crippen molar-refractivity contribution in [3.05, 3.63) is 73.7 Å². The standard InChI is InChI=1S/C24H33N3O2S.C14H21N3S.ClH/c1-5-27(4)16-25-22-12-17(2)19(11-18(22)3)13-23-26-20(15-30-23)14-24(28)29-21-9-7-6-8-10-21;1-5-17(4)9-16-13-7-10(2)12(6-11(13)3)8-14(15)18;/h11-12,15-16,21H,5-10,13-14H2,1-4H3;6-7,9H,5,8H2,1-4H3,(H2,15,18);1H. The number of aliphatic imine (C=N–C) groups is 2. The molecule has 11 heteroatoms. The predicted molar refractivity (Wildman–Crippen MR) is 214 cm³/mol. The molecule has 0 aliphatic heterocycles. The van der Waals surface area contributed by atoms with Crippen molar-refractivity contribution in [2.75, 3.05) is 27.2 Å². The second-order valence-electron chi connectivity index (χ2n) is 12.7. The van der Waals surface area contributed by atoms with Crippen LogP contribution in [0.4, 0.5) is 11.4 Å². The fourth-order valence-electron chi connectivity index (χ4n) is 5.29. The van der Waals surface area contributed by atoms with Gasteiger partial charge in [-0.25, -0.2) is 15.0 Å². The Balaban J connectivity index is 0.000000377. The SMILES string of the molecule is CCN(C)C=Nc1cc(C)c(CC(N)=S)cc1C.CCN(C)C=Nc1cc(C)c(Cc2nc(CC(=O)OC3CCCCC3)cs2)cc1C.Cl. The van der Waals surface area contributed by atoms with Crippen LogP contribution < -0.4 is 5.73 Å². The largest absolute Gasteiger partial charge is 0.462 e. The number of aromatic nitrogens is 1. The first-order valence-electron chi connectivity index (χ1n) is 17.0. The summed E-state index contributed by atoms with van der Waals surface area (Å²) in [4.78, 5) is 30.6. The third kappa shape index (κ3) is 14.2. The average molecular weight is 727 g/mol. The van der Waals surface area contributed by atoms with Crippen LogP contribution in [0.15, 0.2) is 39.6 Å². The number of hydrogen-bond donors (Lipinski definition) is 1. The molecule has 1 aromatic heterocycles. The Bertz CT molecular complexity index is 1580. The van der Waals surface area contributed by atoms with Gasteiger partial charge >= 0.3 is 5.97 Å². The molecule has 0 bridgehead atoms. The molecule has 0 unspecified atom stereocenters. The van der Waals surface area contributed by atoms with Gasteiger partial charge < -0.3 is 20.3 Å². The second kappa shape index (κ2) is 21.0. The number of thiocarbonyl (C=S) groups is 1. The maximum Gasteiger partial charge on any atom is 0.312 e. The molecule has 8 nitrogen and oxygen atoms in total. The summed E-state index contributed by atoms with van der Waals surface area (Å²) >= 11 is 6.57. The zero-order valence-corrected chi connectivity index (χ0v) is 33.0. The van der Waals surface area contributed by atoms with Crippen molar-refractivity contribution < 1.29 is 9.53 Å². The molecule has 0 amide bonds. The summed E-state index contributed by atoms with van der Waals surface area (Å²) < 4.78 is 5.63. The minimum Gasteiger partial charge on any atom is -0.462 e. The lowest BCUT2D eigenvalue weighted by Gasteiger charge is -2.21. The van der Waals surface area contributed by atoms with E-state index in [1.807, 2.05) is 37.1 Å². The van der Waals surface area contributed by atoms with Crippen LogP contribution in [0.2, 0.25) is 0 Å². The molecule has 0 radical (unpaired) electrons. The number of rotatable bonds is 13. The minimum absolute atomic E-state index is 0. The predicted octanol–water partition coefficient (Wildman–Crippen LogP) is 8.55. The molecule has 1 heterocycles. The van der Waals surface area contributed by atoms with Gasteiger partial charge in [-0.3, -0.25) is 4.79 Å². The highest BCUT2D eigenvalue weighted by atomic mass is 35.5. The van der Waals surface area contributed by atoms with Crippen LogP contribution in [-0.2, 0) is 28.8 Å². The number of halogens is 1. The first-order valence-corrected chi connectivity index (χ1v) is 18.3.